The van der Waals surface area contributed by atoms with Crippen molar-refractivity contribution in [3.8, 4) is 6.07 Å². The first kappa shape index (κ1) is 14.1. The zero-order valence-electron chi connectivity index (χ0n) is 11.8. The molecular formula is C17H18N2O. The molecule has 0 saturated heterocycles. The van der Waals surface area contributed by atoms with Crippen molar-refractivity contribution >= 4 is 16.7 Å². The lowest BCUT2D eigenvalue weighted by Crippen LogP contribution is -2.44. The zero-order valence-corrected chi connectivity index (χ0v) is 11.8. The lowest BCUT2D eigenvalue weighted by Gasteiger charge is -2.21. The van der Waals surface area contributed by atoms with Gasteiger partial charge in [-0.3, -0.25) is 4.79 Å². The smallest absolute Gasteiger partial charge is 0.225 e. The van der Waals surface area contributed by atoms with Crippen molar-refractivity contribution in [1.29, 1.82) is 5.26 Å². The van der Waals surface area contributed by atoms with Crippen LogP contribution in [0, 0.1) is 11.3 Å². The lowest BCUT2D eigenvalue weighted by molar-refractivity contribution is -0.121. The van der Waals surface area contributed by atoms with Crippen molar-refractivity contribution in [3.05, 3.63) is 48.0 Å². The van der Waals surface area contributed by atoms with E-state index < -0.39 is 5.54 Å². The summed E-state index contributed by atoms with van der Waals surface area (Å²) in [4.78, 5) is 12.0. The molecule has 0 aliphatic carbocycles. The molecule has 0 saturated carbocycles. The summed E-state index contributed by atoms with van der Waals surface area (Å²) in [6.07, 6.45) is 0.884. The fourth-order valence-corrected chi connectivity index (χ4v) is 2.08. The molecular weight excluding hydrogens is 248 g/mol. The molecule has 1 unspecified atom stereocenters. The zero-order chi connectivity index (χ0) is 14.6. The second-order valence-electron chi connectivity index (χ2n) is 5.20. The lowest BCUT2D eigenvalue weighted by atomic mass is 10.00. The van der Waals surface area contributed by atoms with Gasteiger partial charge in [-0.2, -0.15) is 5.26 Å². The molecule has 2 rings (SSSR count). The summed E-state index contributed by atoms with van der Waals surface area (Å²) in [6.45, 7) is 3.63. The first-order valence-electron chi connectivity index (χ1n) is 6.76. The monoisotopic (exact) mass is 266 g/mol. The first-order valence-corrected chi connectivity index (χ1v) is 6.76. The average molecular weight is 266 g/mol. The Morgan fingerprint density at radius 2 is 1.95 bits per heavy atom. The molecule has 0 fully saturated rings. The van der Waals surface area contributed by atoms with Gasteiger partial charge in [0, 0.05) is 0 Å². The molecule has 2 aromatic carbocycles. The quantitative estimate of drug-likeness (QED) is 0.924. The molecule has 0 bridgehead atoms. The third-order valence-electron chi connectivity index (χ3n) is 3.55. The second-order valence-corrected chi connectivity index (χ2v) is 5.20. The van der Waals surface area contributed by atoms with Crippen molar-refractivity contribution in [2.45, 2.75) is 32.2 Å². The number of carbonyl (C=O) groups excluding carboxylic acids is 1. The van der Waals surface area contributed by atoms with Crippen molar-refractivity contribution in [2.24, 2.45) is 0 Å². The Balaban J connectivity index is 2.12. The topological polar surface area (TPSA) is 52.9 Å². The van der Waals surface area contributed by atoms with Crippen molar-refractivity contribution < 1.29 is 4.79 Å². The van der Waals surface area contributed by atoms with Crippen molar-refractivity contribution in [1.82, 2.24) is 5.32 Å². The Morgan fingerprint density at radius 3 is 2.60 bits per heavy atom. The molecule has 0 aromatic heterocycles. The largest absolute Gasteiger partial charge is 0.338 e. The van der Waals surface area contributed by atoms with Crippen LogP contribution in [0.1, 0.15) is 25.8 Å². The summed E-state index contributed by atoms with van der Waals surface area (Å²) in [7, 11) is 0. The van der Waals surface area contributed by atoms with Crippen LogP contribution in [0.15, 0.2) is 42.5 Å². The Hall–Kier alpha value is -2.34. The molecule has 1 atom stereocenters. The number of benzene rings is 2. The van der Waals surface area contributed by atoms with E-state index in [0.29, 0.717) is 12.8 Å². The van der Waals surface area contributed by atoms with Gasteiger partial charge in [-0.15, -0.1) is 0 Å². The Labute approximate surface area is 119 Å². The summed E-state index contributed by atoms with van der Waals surface area (Å²) in [6, 6.07) is 16.2. The van der Waals surface area contributed by atoms with Crippen LogP contribution in [0.5, 0.6) is 0 Å². The number of hydrogen-bond acceptors (Lipinski definition) is 2. The van der Waals surface area contributed by atoms with Crippen LogP contribution in [0.25, 0.3) is 10.8 Å². The third-order valence-corrected chi connectivity index (χ3v) is 3.55. The van der Waals surface area contributed by atoms with Crippen molar-refractivity contribution in [2.75, 3.05) is 0 Å². The summed E-state index contributed by atoms with van der Waals surface area (Å²) >= 11 is 0. The first-order chi connectivity index (χ1) is 9.56. The van der Waals surface area contributed by atoms with Gasteiger partial charge < -0.3 is 5.32 Å². The van der Waals surface area contributed by atoms with E-state index in [1.54, 1.807) is 6.92 Å². The SMILES string of the molecule is CCC(C)(C#N)NC(=O)Cc1ccc2ccccc2c1. The highest BCUT2D eigenvalue weighted by Gasteiger charge is 2.23. The van der Waals surface area contributed by atoms with Gasteiger partial charge in [0.05, 0.1) is 12.5 Å². The van der Waals surface area contributed by atoms with Crippen LogP contribution < -0.4 is 5.32 Å². The van der Waals surface area contributed by atoms with Gasteiger partial charge in [0.25, 0.3) is 0 Å². The van der Waals surface area contributed by atoms with Crippen LogP contribution in [0.4, 0.5) is 0 Å². The normalized spacial score (nSPS) is 13.4. The summed E-state index contributed by atoms with van der Waals surface area (Å²) in [5.74, 6) is -0.119. The van der Waals surface area contributed by atoms with Crippen LogP contribution in [-0.2, 0) is 11.2 Å². The molecule has 0 heterocycles. The number of nitrogens with one attached hydrogen (secondary N) is 1. The van der Waals surface area contributed by atoms with E-state index in [0.717, 1.165) is 16.3 Å². The van der Waals surface area contributed by atoms with E-state index in [1.807, 2.05) is 49.4 Å². The van der Waals surface area contributed by atoms with Gasteiger partial charge in [-0.05, 0) is 29.7 Å². The summed E-state index contributed by atoms with van der Waals surface area (Å²) in [5.41, 5.74) is 0.172. The van der Waals surface area contributed by atoms with Gasteiger partial charge in [0.15, 0.2) is 0 Å². The fourth-order valence-electron chi connectivity index (χ4n) is 2.08. The van der Waals surface area contributed by atoms with E-state index in [2.05, 4.69) is 11.4 Å². The molecule has 0 aliphatic rings. The molecule has 1 amide bonds. The number of amides is 1. The van der Waals surface area contributed by atoms with Crippen LogP contribution in [0.2, 0.25) is 0 Å². The molecule has 0 aliphatic heterocycles. The fraction of sp³-hybridized carbons (Fsp3) is 0.294. The number of carbonyl (C=O) groups is 1. The number of fused-ring (bicyclic) bond motifs is 1. The van der Waals surface area contributed by atoms with Gasteiger partial charge in [-0.1, -0.05) is 49.4 Å². The summed E-state index contributed by atoms with van der Waals surface area (Å²) < 4.78 is 0. The maximum atomic E-state index is 12.0. The van der Waals surface area contributed by atoms with E-state index in [1.165, 1.54) is 0 Å². The maximum absolute atomic E-state index is 12.0. The molecule has 3 nitrogen and oxygen atoms in total. The number of hydrogen-bond donors (Lipinski definition) is 1. The molecule has 0 radical (unpaired) electrons. The Bertz CT molecular complexity index is 672. The molecule has 3 heteroatoms. The van der Waals surface area contributed by atoms with Gasteiger partial charge in [0.1, 0.15) is 5.54 Å². The van der Waals surface area contributed by atoms with Crippen LogP contribution in [-0.4, -0.2) is 11.4 Å². The third kappa shape index (κ3) is 3.16. The number of nitrogens with zero attached hydrogens (tertiary/aromatic N) is 1. The minimum absolute atomic E-state index is 0.119. The number of rotatable bonds is 4. The molecule has 1 N–H and O–H groups in total. The molecule has 20 heavy (non-hydrogen) atoms. The van der Waals surface area contributed by atoms with E-state index in [9.17, 15) is 4.79 Å². The molecule has 0 spiro atoms. The van der Waals surface area contributed by atoms with E-state index in [4.69, 9.17) is 5.26 Å². The predicted octanol–water partition coefficient (Wildman–Crippen LogP) is 3.19. The maximum Gasteiger partial charge on any atom is 0.225 e. The minimum atomic E-state index is -0.784. The van der Waals surface area contributed by atoms with Gasteiger partial charge in [-0.25, -0.2) is 0 Å². The van der Waals surface area contributed by atoms with Crippen molar-refractivity contribution in [3.63, 3.8) is 0 Å². The average Bonchev–Trinajstić information content (AvgIpc) is 2.47. The molecule has 102 valence electrons. The number of nitriles is 1. The minimum Gasteiger partial charge on any atom is -0.338 e. The highest BCUT2D eigenvalue weighted by Crippen LogP contribution is 2.16. The predicted molar refractivity (Wildman–Crippen MR) is 80.1 cm³/mol. The van der Waals surface area contributed by atoms with Gasteiger partial charge in [0.2, 0.25) is 5.91 Å². The van der Waals surface area contributed by atoms with E-state index in [-0.39, 0.29) is 5.91 Å². The highest BCUT2D eigenvalue weighted by molar-refractivity contribution is 5.85. The Morgan fingerprint density at radius 1 is 1.25 bits per heavy atom. The molecule has 2 aromatic rings. The van der Waals surface area contributed by atoms with E-state index >= 15 is 0 Å². The van der Waals surface area contributed by atoms with Crippen LogP contribution in [0.3, 0.4) is 0 Å². The second kappa shape index (κ2) is 5.75. The standard InChI is InChI=1S/C17H18N2O/c1-3-17(2,12-18)19-16(20)11-13-8-9-14-6-4-5-7-15(14)10-13/h4-10H,3,11H2,1-2H3,(H,19,20). The summed E-state index contributed by atoms with van der Waals surface area (Å²) in [5, 5.41) is 14.1. The van der Waals surface area contributed by atoms with Crippen LogP contribution >= 0.6 is 0 Å². The Kier molecular flexibility index (Phi) is 4.05. The van der Waals surface area contributed by atoms with Gasteiger partial charge >= 0.3 is 0 Å². The highest BCUT2D eigenvalue weighted by atomic mass is 16.1.